The van der Waals surface area contributed by atoms with E-state index in [1.807, 2.05) is 37.3 Å². The molecule has 3 aromatic rings. The van der Waals surface area contributed by atoms with Crippen LogP contribution in [0.25, 0.3) is 0 Å². The van der Waals surface area contributed by atoms with E-state index < -0.39 is 0 Å². The number of amides is 1. The number of nitrogens with one attached hydrogen (secondary N) is 1. The van der Waals surface area contributed by atoms with Gasteiger partial charge < -0.3 is 0 Å². The van der Waals surface area contributed by atoms with E-state index in [1.54, 1.807) is 21.0 Å². The van der Waals surface area contributed by atoms with E-state index in [2.05, 4.69) is 27.3 Å². The second-order valence-corrected chi connectivity index (χ2v) is 10.4. The Hall–Kier alpha value is -2.50. The minimum absolute atomic E-state index is 0.0594. The molecular formula is C22H29N7O2S2. The summed E-state index contributed by atoms with van der Waals surface area (Å²) in [7, 11) is 0. The first kappa shape index (κ1) is 23.7. The van der Waals surface area contributed by atoms with Gasteiger partial charge in [0.25, 0.3) is 0 Å². The van der Waals surface area contributed by atoms with Gasteiger partial charge in [-0.25, -0.2) is 9.48 Å². The monoisotopic (exact) mass is 487 g/mol. The van der Waals surface area contributed by atoms with Gasteiger partial charge in [-0.3, -0.25) is 19.6 Å². The zero-order valence-corrected chi connectivity index (χ0v) is 20.6. The molecule has 0 unspecified atom stereocenters. The molecule has 3 heterocycles. The van der Waals surface area contributed by atoms with Crippen molar-refractivity contribution in [1.82, 2.24) is 29.4 Å². The van der Waals surface area contributed by atoms with Crippen LogP contribution in [0.2, 0.25) is 0 Å². The Labute approximate surface area is 201 Å². The smallest absolute Gasteiger partial charge is 0.299 e. The van der Waals surface area contributed by atoms with E-state index >= 15 is 0 Å². The van der Waals surface area contributed by atoms with Crippen LogP contribution in [0, 0.1) is 0 Å². The molecular weight excluding hydrogens is 458 g/mol. The number of nitrogens with zero attached hydrogens (tertiary/aromatic N) is 6. The molecule has 2 aromatic heterocycles. The molecule has 0 spiro atoms. The van der Waals surface area contributed by atoms with E-state index in [0.29, 0.717) is 24.8 Å². The first-order valence-corrected chi connectivity index (χ1v) is 13.1. The van der Waals surface area contributed by atoms with Gasteiger partial charge in [0.15, 0.2) is 4.34 Å². The summed E-state index contributed by atoms with van der Waals surface area (Å²) in [5.41, 5.74) is 0.999. The molecule has 1 N–H and O–H groups in total. The number of carbonyl (C=O) groups excluding carboxylic acids is 1. The number of hydrogen-bond acceptors (Lipinski definition) is 8. The van der Waals surface area contributed by atoms with E-state index in [0.717, 1.165) is 47.4 Å². The SMILES string of the molecule is CCSc1nnc(NC(=O)CN2CCC(c3nn(Cc4ccccc4)c(=O)n3CC)CC2)s1. The largest absolute Gasteiger partial charge is 0.346 e. The predicted molar refractivity (Wildman–Crippen MR) is 131 cm³/mol. The van der Waals surface area contributed by atoms with Crippen LogP contribution in [0.5, 0.6) is 0 Å². The molecule has 0 bridgehead atoms. The van der Waals surface area contributed by atoms with Crippen molar-refractivity contribution in [2.24, 2.45) is 0 Å². The van der Waals surface area contributed by atoms with Crippen molar-refractivity contribution in [2.75, 3.05) is 30.7 Å². The third-order valence-corrected chi connectivity index (χ3v) is 7.54. The summed E-state index contributed by atoms with van der Waals surface area (Å²) < 4.78 is 4.22. The van der Waals surface area contributed by atoms with Crippen molar-refractivity contribution in [2.45, 2.75) is 50.0 Å². The number of hydrogen-bond donors (Lipinski definition) is 1. The highest BCUT2D eigenvalue weighted by molar-refractivity contribution is 8.01. The number of likely N-dealkylation sites (tertiary alicyclic amines) is 1. The minimum atomic E-state index is -0.0738. The lowest BCUT2D eigenvalue weighted by Gasteiger charge is -2.30. The van der Waals surface area contributed by atoms with Crippen molar-refractivity contribution in [3.63, 3.8) is 0 Å². The van der Waals surface area contributed by atoms with Gasteiger partial charge in [0.2, 0.25) is 11.0 Å². The van der Waals surface area contributed by atoms with Crippen molar-refractivity contribution in [3.05, 3.63) is 52.2 Å². The van der Waals surface area contributed by atoms with Gasteiger partial charge >= 0.3 is 5.69 Å². The maximum atomic E-state index is 12.9. The molecule has 1 fully saturated rings. The van der Waals surface area contributed by atoms with Crippen molar-refractivity contribution in [1.29, 1.82) is 0 Å². The molecule has 1 saturated heterocycles. The number of carbonyl (C=O) groups is 1. The fourth-order valence-corrected chi connectivity index (χ4v) is 5.73. The van der Waals surface area contributed by atoms with E-state index in [1.165, 1.54) is 11.3 Å². The molecule has 0 saturated carbocycles. The van der Waals surface area contributed by atoms with Crippen molar-refractivity contribution in [3.8, 4) is 0 Å². The van der Waals surface area contributed by atoms with Gasteiger partial charge in [-0.15, -0.1) is 10.2 Å². The molecule has 9 nitrogen and oxygen atoms in total. The first-order chi connectivity index (χ1) is 16.1. The molecule has 1 aliphatic rings. The van der Waals surface area contributed by atoms with Gasteiger partial charge in [-0.1, -0.05) is 60.4 Å². The molecule has 1 aromatic carbocycles. The molecule has 33 heavy (non-hydrogen) atoms. The lowest BCUT2D eigenvalue weighted by Crippen LogP contribution is -2.39. The molecule has 0 aliphatic carbocycles. The molecule has 1 aliphatic heterocycles. The van der Waals surface area contributed by atoms with Crippen LogP contribution in [0.4, 0.5) is 5.13 Å². The number of rotatable bonds is 9. The summed E-state index contributed by atoms with van der Waals surface area (Å²) >= 11 is 3.02. The Bertz CT molecular complexity index is 1120. The van der Waals surface area contributed by atoms with Gasteiger partial charge in [0, 0.05) is 12.5 Å². The zero-order valence-electron chi connectivity index (χ0n) is 18.9. The van der Waals surface area contributed by atoms with Gasteiger partial charge in [-0.2, -0.15) is 5.10 Å². The summed E-state index contributed by atoms with van der Waals surface area (Å²) in [4.78, 5) is 27.5. The molecule has 176 valence electrons. The highest BCUT2D eigenvalue weighted by atomic mass is 32.2. The van der Waals surface area contributed by atoms with Crippen LogP contribution in [-0.4, -0.2) is 60.7 Å². The molecule has 1 amide bonds. The van der Waals surface area contributed by atoms with Crippen LogP contribution in [-0.2, 0) is 17.9 Å². The molecule has 11 heteroatoms. The summed E-state index contributed by atoms with van der Waals surface area (Å²) in [5, 5.41) is 16.2. The van der Waals surface area contributed by atoms with E-state index in [4.69, 9.17) is 5.10 Å². The van der Waals surface area contributed by atoms with Gasteiger partial charge in [0.1, 0.15) is 5.82 Å². The number of anilines is 1. The average Bonchev–Trinajstić information content (AvgIpc) is 3.39. The number of benzene rings is 1. The van der Waals surface area contributed by atoms with Crippen LogP contribution in [0.1, 0.15) is 44.0 Å². The highest BCUT2D eigenvalue weighted by Crippen LogP contribution is 2.27. The Morgan fingerprint density at radius 1 is 1.18 bits per heavy atom. The zero-order chi connectivity index (χ0) is 23.2. The summed E-state index contributed by atoms with van der Waals surface area (Å²) in [6, 6.07) is 9.92. The standard InChI is InChI=1S/C22H29N7O2S2/c1-3-28-19(26-29(22(28)31)14-16-8-6-5-7-9-16)17-10-12-27(13-11-17)15-18(30)23-20-24-25-21(33-20)32-4-2/h5-9,17H,3-4,10-15H2,1-2H3,(H,23,24,30). The van der Waals surface area contributed by atoms with Gasteiger partial charge in [-0.05, 0) is 44.2 Å². The second kappa shape index (κ2) is 11.1. The van der Waals surface area contributed by atoms with Crippen molar-refractivity contribution < 1.29 is 4.79 Å². The minimum Gasteiger partial charge on any atom is -0.299 e. The third-order valence-electron chi connectivity index (χ3n) is 5.68. The summed E-state index contributed by atoms with van der Waals surface area (Å²) in [6.45, 7) is 7.02. The molecule has 0 atom stereocenters. The quantitative estimate of drug-likeness (QED) is 0.366. The number of thioether (sulfide) groups is 1. The average molecular weight is 488 g/mol. The Morgan fingerprint density at radius 2 is 1.94 bits per heavy atom. The van der Waals surface area contributed by atoms with Crippen molar-refractivity contribution >= 4 is 34.1 Å². The van der Waals surface area contributed by atoms with Crippen LogP contribution in [0.3, 0.4) is 0 Å². The predicted octanol–water partition coefficient (Wildman–Crippen LogP) is 2.89. The topological polar surface area (TPSA) is 97.9 Å². The summed E-state index contributed by atoms with van der Waals surface area (Å²) in [6.07, 6.45) is 1.73. The Kier molecular flexibility index (Phi) is 7.94. The Morgan fingerprint density at radius 3 is 2.64 bits per heavy atom. The lowest BCUT2D eigenvalue weighted by atomic mass is 9.96. The fourth-order valence-electron chi connectivity index (χ4n) is 4.07. The molecule has 4 rings (SSSR count). The third kappa shape index (κ3) is 5.90. The summed E-state index contributed by atoms with van der Waals surface area (Å²) in [5.74, 6) is 1.92. The fraction of sp³-hybridized carbons (Fsp3) is 0.500. The normalized spacial score (nSPS) is 15.1. The number of aromatic nitrogens is 5. The van der Waals surface area contributed by atoms with Crippen LogP contribution >= 0.6 is 23.1 Å². The number of piperidine rings is 1. The van der Waals surface area contributed by atoms with E-state index in [9.17, 15) is 9.59 Å². The van der Waals surface area contributed by atoms with Crippen LogP contribution < -0.4 is 11.0 Å². The second-order valence-electron chi connectivity index (χ2n) is 7.93. The molecule has 0 radical (unpaired) electrons. The highest BCUT2D eigenvalue weighted by Gasteiger charge is 2.27. The maximum Gasteiger partial charge on any atom is 0.346 e. The lowest BCUT2D eigenvalue weighted by molar-refractivity contribution is -0.117. The van der Waals surface area contributed by atoms with Gasteiger partial charge in [0.05, 0.1) is 13.1 Å². The first-order valence-electron chi connectivity index (χ1n) is 11.3. The van der Waals surface area contributed by atoms with Crippen LogP contribution in [0.15, 0.2) is 39.5 Å². The maximum absolute atomic E-state index is 12.9. The Balaban J connectivity index is 1.34. The van der Waals surface area contributed by atoms with E-state index in [-0.39, 0.29) is 17.5 Å².